The van der Waals surface area contributed by atoms with E-state index in [1.165, 1.54) is 5.56 Å². The van der Waals surface area contributed by atoms with Crippen LogP contribution in [0.1, 0.15) is 32.8 Å². The van der Waals surface area contributed by atoms with Crippen LogP contribution in [0.25, 0.3) is 0 Å². The first-order chi connectivity index (χ1) is 9.56. The number of para-hydroxylation sites is 1. The summed E-state index contributed by atoms with van der Waals surface area (Å²) in [6, 6.07) is 16.5. The molecule has 2 rings (SSSR count). The van der Waals surface area contributed by atoms with E-state index in [-0.39, 0.29) is 5.41 Å². The summed E-state index contributed by atoms with van der Waals surface area (Å²) in [5.41, 5.74) is 3.56. The van der Waals surface area contributed by atoms with E-state index in [0.717, 1.165) is 23.5 Å². The van der Waals surface area contributed by atoms with Gasteiger partial charge in [0.25, 0.3) is 0 Å². The van der Waals surface area contributed by atoms with Gasteiger partial charge >= 0.3 is 0 Å². The Labute approximate surface area is 121 Å². The molecule has 0 amide bonds. The number of methoxy groups -OCH3 is 1. The van der Waals surface area contributed by atoms with Gasteiger partial charge in [0.05, 0.1) is 12.8 Å². The predicted octanol–water partition coefficient (Wildman–Crippen LogP) is 5.13. The van der Waals surface area contributed by atoms with Gasteiger partial charge in [-0.15, -0.1) is 0 Å². The van der Waals surface area contributed by atoms with Crippen LogP contribution in [-0.4, -0.2) is 7.11 Å². The smallest absolute Gasteiger partial charge is 0.142 e. The number of nitrogens with one attached hydrogen (secondary N) is 1. The maximum Gasteiger partial charge on any atom is 0.142 e. The summed E-state index contributed by atoms with van der Waals surface area (Å²) in [4.78, 5) is 0. The summed E-state index contributed by atoms with van der Waals surface area (Å²) in [6.07, 6.45) is 1.10. The normalized spacial score (nSPS) is 11.2. The van der Waals surface area contributed by atoms with Crippen molar-refractivity contribution in [3.05, 3.63) is 54.1 Å². The van der Waals surface area contributed by atoms with Crippen molar-refractivity contribution < 1.29 is 4.74 Å². The lowest BCUT2D eigenvalue weighted by molar-refractivity contribution is 0.416. The highest BCUT2D eigenvalue weighted by atomic mass is 16.5. The predicted molar refractivity (Wildman–Crippen MR) is 86.0 cm³/mol. The molecular formula is C18H23NO. The molecule has 0 radical (unpaired) electrons. The molecule has 0 aliphatic rings. The lowest BCUT2D eigenvalue weighted by atomic mass is 9.82. The maximum absolute atomic E-state index is 5.46. The van der Waals surface area contributed by atoms with E-state index in [4.69, 9.17) is 4.74 Å². The highest BCUT2D eigenvalue weighted by Crippen LogP contribution is 2.34. The average molecular weight is 269 g/mol. The van der Waals surface area contributed by atoms with Crippen molar-refractivity contribution in [2.24, 2.45) is 0 Å². The quantitative estimate of drug-likeness (QED) is 0.812. The fourth-order valence-electron chi connectivity index (χ4n) is 2.11. The van der Waals surface area contributed by atoms with Crippen molar-refractivity contribution in [2.45, 2.75) is 32.6 Å². The Bertz CT molecular complexity index is 561. The third-order valence-electron chi connectivity index (χ3n) is 3.92. The highest BCUT2D eigenvalue weighted by Gasteiger charge is 2.19. The molecule has 2 nitrogen and oxygen atoms in total. The van der Waals surface area contributed by atoms with Crippen molar-refractivity contribution in [2.75, 3.05) is 12.4 Å². The SMILES string of the molecule is CCC(C)(C)c1ccc(OC)c(Nc2ccccc2)c1. The van der Waals surface area contributed by atoms with Gasteiger partial charge in [-0.2, -0.15) is 0 Å². The number of hydrogen-bond donors (Lipinski definition) is 1. The standard InChI is InChI=1S/C18H23NO/c1-5-18(2,3)14-11-12-17(20-4)16(13-14)19-15-9-7-6-8-10-15/h6-13,19H,5H2,1-4H3. The van der Waals surface area contributed by atoms with Crippen LogP contribution in [0, 0.1) is 0 Å². The van der Waals surface area contributed by atoms with Gasteiger partial charge in [-0.25, -0.2) is 0 Å². The summed E-state index contributed by atoms with van der Waals surface area (Å²) in [5, 5.41) is 3.44. The van der Waals surface area contributed by atoms with E-state index >= 15 is 0 Å². The number of rotatable bonds is 5. The van der Waals surface area contributed by atoms with Gasteiger partial charge in [0.2, 0.25) is 0 Å². The average Bonchev–Trinajstić information content (AvgIpc) is 2.48. The van der Waals surface area contributed by atoms with Crippen LogP contribution in [0.4, 0.5) is 11.4 Å². The van der Waals surface area contributed by atoms with Gasteiger partial charge in [-0.1, -0.05) is 45.0 Å². The Morgan fingerprint density at radius 2 is 1.75 bits per heavy atom. The van der Waals surface area contributed by atoms with Crippen LogP contribution in [0.3, 0.4) is 0 Å². The zero-order valence-corrected chi connectivity index (χ0v) is 12.7. The molecule has 106 valence electrons. The molecule has 0 atom stereocenters. The minimum absolute atomic E-state index is 0.166. The van der Waals surface area contributed by atoms with Crippen molar-refractivity contribution in [3.8, 4) is 5.75 Å². The molecule has 0 spiro atoms. The first kappa shape index (κ1) is 14.4. The van der Waals surface area contributed by atoms with Gasteiger partial charge in [0.15, 0.2) is 0 Å². The van der Waals surface area contributed by atoms with Gasteiger partial charge in [-0.3, -0.25) is 0 Å². The topological polar surface area (TPSA) is 21.3 Å². The summed E-state index contributed by atoms with van der Waals surface area (Å²) in [7, 11) is 1.70. The Balaban J connectivity index is 2.37. The second-order valence-corrected chi connectivity index (χ2v) is 5.64. The first-order valence-corrected chi connectivity index (χ1v) is 7.07. The molecule has 2 heteroatoms. The van der Waals surface area contributed by atoms with Crippen molar-refractivity contribution in [3.63, 3.8) is 0 Å². The Hall–Kier alpha value is -1.96. The number of ether oxygens (including phenoxy) is 1. The van der Waals surface area contributed by atoms with Gasteiger partial charge in [-0.05, 0) is 41.7 Å². The molecule has 0 aliphatic carbocycles. The van der Waals surface area contributed by atoms with E-state index in [2.05, 4.69) is 50.4 Å². The van der Waals surface area contributed by atoms with Crippen molar-refractivity contribution in [1.29, 1.82) is 0 Å². The van der Waals surface area contributed by atoms with Gasteiger partial charge in [0, 0.05) is 5.69 Å². The second kappa shape index (κ2) is 6.00. The third-order valence-corrected chi connectivity index (χ3v) is 3.92. The summed E-state index contributed by atoms with van der Waals surface area (Å²) in [6.45, 7) is 6.75. The minimum atomic E-state index is 0.166. The molecule has 0 saturated heterocycles. The lowest BCUT2D eigenvalue weighted by Crippen LogP contribution is -2.15. The second-order valence-electron chi connectivity index (χ2n) is 5.64. The Morgan fingerprint density at radius 3 is 2.35 bits per heavy atom. The summed E-state index contributed by atoms with van der Waals surface area (Å²) >= 11 is 0. The molecule has 1 N–H and O–H groups in total. The van der Waals surface area contributed by atoms with Crippen LogP contribution in [0.5, 0.6) is 5.75 Å². The zero-order valence-electron chi connectivity index (χ0n) is 12.7. The highest BCUT2D eigenvalue weighted by molar-refractivity contribution is 5.67. The third kappa shape index (κ3) is 3.13. The van der Waals surface area contributed by atoms with Crippen LogP contribution < -0.4 is 10.1 Å². The van der Waals surface area contributed by atoms with Crippen LogP contribution in [-0.2, 0) is 5.41 Å². The molecule has 0 aliphatic heterocycles. The lowest BCUT2D eigenvalue weighted by Gasteiger charge is -2.25. The molecule has 0 fully saturated rings. The maximum atomic E-state index is 5.46. The summed E-state index contributed by atoms with van der Waals surface area (Å²) in [5.74, 6) is 0.865. The van der Waals surface area contributed by atoms with Crippen LogP contribution in [0.2, 0.25) is 0 Å². The molecule has 20 heavy (non-hydrogen) atoms. The molecule has 0 aromatic heterocycles. The zero-order chi connectivity index (χ0) is 14.6. The molecular weight excluding hydrogens is 246 g/mol. The number of anilines is 2. The Morgan fingerprint density at radius 1 is 1.05 bits per heavy atom. The molecule has 0 bridgehead atoms. The van der Waals surface area contributed by atoms with E-state index in [1.807, 2.05) is 24.3 Å². The Kier molecular flexibility index (Phi) is 4.33. The molecule has 2 aromatic rings. The molecule has 0 unspecified atom stereocenters. The van der Waals surface area contributed by atoms with Crippen LogP contribution >= 0.6 is 0 Å². The number of benzene rings is 2. The first-order valence-electron chi connectivity index (χ1n) is 7.07. The minimum Gasteiger partial charge on any atom is -0.495 e. The monoisotopic (exact) mass is 269 g/mol. The van der Waals surface area contributed by atoms with Crippen LogP contribution in [0.15, 0.2) is 48.5 Å². The summed E-state index contributed by atoms with van der Waals surface area (Å²) < 4.78 is 5.46. The van der Waals surface area contributed by atoms with Gasteiger partial charge < -0.3 is 10.1 Å². The van der Waals surface area contributed by atoms with E-state index in [0.29, 0.717) is 0 Å². The van der Waals surface area contributed by atoms with E-state index in [9.17, 15) is 0 Å². The molecule has 0 heterocycles. The fraction of sp³-hybridized carbons (Fsp3) is 0.333. The molecule has 2 aromatic carbocycles. The van der Waals surface area contributed by atoms with E-state index < -0.39 is 0 Å². The number of hydrogen-bond acceptors (Lipinski definition) is 2. The van der Waals surface area contributed by atoms with Crippen molar-refractivity contribution in [1.82, 2.24) is 0 Å². The fourth-order valence-corrected chi connectivity index (χ4v) is 2.11. The largest absolute Gasteiger partial charge is 0.495 e. The van der Waals surface area contributed by atoms with Crippen molar-refractivity contribution >= 4 is 11.4 Å². The van der Waals surface area contributed by atoms with E-state index in [1.54, 1.807) is 7.11 Å². The molecule has 0 saturated carbocycles. The van der Waals surface area contributed by atoms with Gasteiger partial charge in [0.1, 0.15) is 5.75 Å².